The van der Waals surface area contributed by atoms with E-state index in [4.69, 9.17) is 34.7 Å². The summed E-state index contributed by atoms with van der Waals surface area (Å²) in [5.41, 5.74) is 9.65. The Morgan fingerprint density at radius 2 is 1.86 bits per heavy atom. The van der Waals surface area contributed by atoms with Gasteiger partial charge in [0, 0.05) is 6.54 Å². The summed E-state index contributed by atoms with van der Waals surface area (Å²) in [6.07, 6.45) is 0. The van der Waals surface area contributed by atoms with E-state index in [0.717, 1.165) is 0 Å². The zero-order valence-electron chi connectivity index (χ0n) is 3.77. The van der Waals surface area contributed by atoms with Crippen LogP contribution < -0.4 is 11.5 Å². The van der Waals surface area contributed by atoms with Crippen molar-refractivity contribution < 1.29 is 0 Å². The Bertz CT molecular complexity index is 48.2. The molecular formula is C3H8Cl2N2. The Morgan fingerprint density at radius 1 is 1.43 bits per heavy atom. The highest BCUT2D eigenvalue weighted by Gasteiger charge is 2.07. The lowest BCUT2D eigenvalue weighted by atomic mass is 10.4. The fourth-order valence-electron chi connectivity index (χ4n) is 0.130. The van der Waals surface area contributed by atoms with E-state index in [-0.39, 0.29) is 5.38 Å². The Kier molecular flexibility index (Phi) is 3.75. The lowest BCUT2D eigenvalue weighted by molar-refractivity contribution is 0.799. The molecule has 2 nitrogen and oxygen atoms in total. The normalized spacial score (nSPS) is 18.9. The second kappa shape index (κ2) is 3.50. The van der Waals surface area contributed by atoms with E-state index in [1.807, 2.05) is 0 Å². The molecule has 7 heavy (non-hydrogen) atoms. The monoisotopic (exact) mass is 142 g/mol. The van der Waals surface area contributed by atoms with E-state index in [0.29, 0.717) is 6.54 Å². The molecule has 44 valence electrons. The summed E-state index contributed by atoms with van der Waals surface area (Å²) in [7, 11) is 0. The molecule has 0 saturated carbocycles. The van der Waals surface area contributed by atoms with Crippen molar-refractivity contribution in [2.45, 2.75) is 10.9 Å². The van der Waals surface area contributed by atoms with Crippen LogP contribution in [0.15, 0.2) is 0 Å². The Labute approximate surface area is 52.8 Å². The van der Waals surface area contributed by atoms with Crippen LogP contribution in [0.25, 0.3) is 0 Å². The molecular weight excluding hydrogens is 135 g/mol. The summed E-state index contributed by atoms with van der Waals surface area (Å²) >= 11 is 10.7. The number of hydrogen-bond donors (Lipinski definition) is 2. The second-order valence-electron chi connectivity index (χ2n) is 1.20. The molecule has 0 rings (SSSR count). The lowest BCUT2D eigenvalue weighted by Gasteiger charge is -2.05. The van der Waals surface area contributed by atoms with Gasteiger partial charge in [-0.1, -0.05) is 0 Å². The average Bonchev–Trinajstić information content (AvgIpc) is 1.65. The molecule has 0 aromatic rings. The van der Waals surface area contributed by atoms with Crippen LogP contribution in [-0.4, -0.2) is 17.4 Å². The third kappa shape index (κ3) is 3.12. The van der Waals surface area contributed by atoms with Gasteiger partial charge in [0.15, 0.2) is 0 Å². The number of alkyl halides is 2. The van der Waals surface area contributed by atoms with Crippen molar-refractivity contribution in [3.05, 3.63) is 0 Å². The molecule has 0 radical (unpaired) electrons. The van der Waals surface area contributed by atoms with Gasteiger partial charge in [0.1, 0.15) is 0 Å². The zero-order valence-corrected chi connectivity index (χ0v) is 5.28. The topological polar surface area (TPSA) is 52.0 Å². The molecule has 4 N–H and O–H groups in total. The van der Waals surface area contributed by atoms with Gasteiger partial charge < -0.3 is 11.5 Å². The minimum absolute atomic E-state index is 0.304. The van der Waals surface area contributed by atoms with Crippen molar-refractivity contribution in [3.63, 3.8) is 0 Å². The lowest BCUT2D eigenvalue weighted by Crippen LogP contribution is -2.30. The molecule has 0 aliphatic heterocycles. The van der Waals surface area contributed by atoms with E-state index in [1.165, 1.54) is 0 Å². The van der Waals surface area contributed by atoms with Crippen LogP contribution in [0.1, 0.15) is 0 Å². The molecule has 2 unspecified atom stereocenters. The maximum absolute atomic E-state index is 5.42. The molecule has 0 aromatic carbocycles. The smallest absolute Gasteiger partial charge is 0.0978 e. The van der Waals surface area contributed by atoms with E-state index >= 15 is 0 Å². The van der Waals surface area contributed by atoms with Crippen LogP contribution >= 0.6 is 23.2 Å². The molecule has 0 bridgehead atoms. The fourth-order valence-corrected chi connectivity index (χ4v) is 0.233. The van der Waals surface area contributed by atoms with Crippen LogP contribution in [0.4, 0.5) is 0 Å². The minimum Gasteiger partial charge on any atom is -0.329 e. The summed E-state index contributed by atoms with van der Waals surface area (Å²) in [5.74, 6) is 0. The van der Waals surface area contributed by atoms with Crippen LogP contribution in [0.3, 0.4) is 0 Å². The molecule has 0 amide bonds. The first kappa shape index (κ1) is 7.50. The number of hydrogen-bond acceptors (Lipinski definition) is 2. The highest BCUT2D eigenvalue weighted by atomic mass is 35.5. The Morgan fingerprint density at radius 3 is 1.86 bits per heavy atom. The van der Waals surface area contributed by atoms with Crippen molar-refractivity contribution in [1.82, 2.24) is 0 Å². The fraction of sp³-hybridized carbons (Fsp3) is 1.00. The Balaban J connectivity index is 3.14. The largest absolute Gasteiger partial charge is 0.329 e. The molecule has 0 heterocycles. The predicted octanol–water partition coefficient (Wildman–Crippen LogP) is 0.0761. The summed E-state index contributed by atoms with van der Waals surface area (Å²) < 4.78 is 0. The third-order valence-electron chi connectivity index (χ3n) is 0.571. The third-order valence-corrected chi connectivity index (χ3v) is 1.45. The van der Waals surface area contributed by atoms with Gasteiger partial charge in [0.05, 0.1) is 10.9 Å². The molecule has 0 aliphatic carbocycles. The van der Waals surface area contributed by atoms with Crippen molar-refractivity contribution in [2.75, 3.05) is 6.54 Å². The highest BCUT2D eigenvalue weighted by molar-refractivity contribution is 6.29. The van der Waals surface area contributed by atoms with E-state index in [1.54, 1.807) is 0 Å². The maximum atomic E-state index is 5.42. The van der Waals surface area contributed by atoms with Crippen LogP contribution in [0.2, 0.25) is 0 Å². The van der Waals surface area contributed by atoms with Crippen molar-refractivity contribution in [3.8, 4) is 0 Å². The molecule has 0 aliphatic rings. The van der Waals surface area contributed by atoms with Crippen LogP contribution in [0, 0.1) is 0 Å². The SMILES string of the molecule is NCC(Cl)C(N)Cl. The van der Waals surface area contributed by atoms with Crippen molar-refractivity contribution in [2.24, 2.45) is 11.5 Å². The second-order valence-corrected chi connectivity index (χ2v) is 2.26. The summed E-state index contributed by atoms with van der Waals surface area (Å²) in [4.78, 5) is 0. The van der Waals surface area contributed by atoms with Gasteiger partial charge in [-0.25, -0.2) is 0 Å². The molecule has 0 fully saturated rings. The molecule has 4 heteroatoms. The molecule has 0 aromatic heterocycles. The summed E-state index contributed by atoms with van der Waals surface area (Å²) in [6, 6.07) is 0. The van der Waals surface area contributed by atoms with Crippen molar-refractivity contribution in [1.29, 1.82) is 0 Å². The summed E-state index contributed by atoms with van der Waals surface area (Å²) in [6.45, 7) is 0.326. The van der Waals surface area contributed by atoms with E-state index in [9.17, 15) is 0 Å². The highest BCUT2D eigenvalue weighted by Crippen LogP contribution is 2.00. The van der Waals surface area contributed by atoms with Gasteiger partial charge in [0.2, 0.25) is 0 Å². The zero-order chi connectivity index (χ0) is 5.86. The first-order valence-electron chi connectivity index (χ1n) is 1.92. The van der Waals surface area contributed by atoms with Gasteiger partial charge in [-0.2, -0.15) is 0 Å². The molecule has 0 spiro atoms. The van der Waals surface area contributed by atoms with Gasteiger partial charge in [-0.3, -0.25) is 0 Å². The van der Waals surface area contributed by atoms with Crippen LogP contribution in [-0.2, 0) is 0 Å². The first-order valence-corrected chi connectivity index (χ1v) is 2.79. The van der Waals surface area contributed by atoms with Crippen molar-refractivity contribution >= 4 is 23.2 Å². The number of nitrogens with two attached hydrogens (primary N) is 2. The van der Waals surface area contributed by atoms with Crippen LogP contribution in [0.5, 0.6) is 0 Å². The average molecular weight is 143 g/mol. The predicted molar refractivity (Wildman–Crippen MR) is 32.5 cm³/mol. The van der Waals surface area contributed by atoms with Gasteiger partial charge in [-0.15, -0.1) is 23.2 Å². The quantitative estimate of drug-likeness (QED) is 0.424. The molecule has 2 atom stereocenters. The maximum Gasteiger partial charge on any atom is 0.0978 e. The van der Waals surface area contributed by atoms with Gasteiger partial charge >= 0.3 is 0 Å². The standard InChI is InChI=1S/C3H8Cl2N2/c4-2(1-6)3(5)7/h2-3H,1,6-7H2. The Hall–Kier alpha value is 0.500. The number of rotatable bonds is 2. The molecule has 0 saturated heterocycles. The van der Waals surface area contributed by atoms with E-state index in [2.05, 4.69) is 0 Å². The number of halogens is 2. The minimum atomic E-state index is -0.522. The summed E-state index contributed by atoms with van der Waals surface area (Å²) in [5, 5.41) is -0.304. The van der Waals surface area contributed by atoms with Gasteiger partial charge in [-0.05, 0) is 0 Å². The first-order chi connectivity index (χ1) is 3.18. The van der Waals surface area contributed by atoms with E-state index < -0.39 is 5.50 Å². The van der Waals surface area contributed by atoms with Gasteiger partial charge in [0.25, 0.3) is 0 Å².